The summed E-state index contributed by atoms with van der Waals surface area (Å²) in [5.74, 6) is 0.707. The first-order valence-electron chi connectivity index (χ1n) is 4.89. The molecule has 84 valence electrons. The van der Waals surface area contributed by atoms with Crippen LogP contribution in [0, 0.1) is 0 Å². The van der Waals surface area contributed by atoms with Gasteiger partial charge in [-0.3, -0.25) is 0 Å². The molecule has 0 aliphatic heterocycles. The molecule has 3 N–H and O–H groups in total. The number of nitrogens with two attached hydrogens (primary N) is 1. The molecule has 15 heavy (non-hydrogen) atoms. The van der Waals surface area contributed by atoms with Crippen molar-refractivity contribution >= 4 is 23.1 Å². The van der Waals surface area contributed by atoms with Gasteiger partial charge in [-0.1, -0.05) is 11.6 Å². The highest BCUT2D eigenvalue weighted by atomic mass is 35.5. The molecule has 1 rings (SSSR count). The Morgan fingerprint density at radius 2 is 2.27 bits per heavy atom. The number of hydrogen-bond donors (Lipinski definition) is 2. The third-order valence-electron chi connectivity index (χ3n) is 1.96. The van der Waals surface area contributed by atoms with Gasteiger partial charge in [0.05, 0.1) is 10.7 Å². The molecule has 5 heteroatoms. The number of halogens is 1. The molecule has 4 nitrogen and oxygen atoms in total. The molecule has 0 bridgehead atoms. The van der Waals surface area contributed by atoms with Gasteiger partial charge in [-0.25, -0.2) is 4.98 Å². The zero-order chi connectivity index (χ0) is 11.3. The average Bonchev–Trinajstić information content (AvgIpc) is 2.14. The summed E-state index contributed by atoms with van der Waals surface area (Å²) in [6.07, 6.45) is 2.64. The van der Waals surface area contributed by atoms with Gasteiger partial charge >= 0.3 is 0 Å². The van der Waals surface area contributed by atoms with E-state index < -0.39 is 0 Å². The van der Waals surface area contributed by atoms with Gasteiger partial charge in [0, 0.05) is 12.7 Å². The molecule has 0 amide bonds. The highest BCUT2D eigenvalue weighted by Gasteiger charge is 2.00. The molecular weight excluding hydrogens is 212 g/mol. The standard InChI is InChI=1S/C10H17ClN4/c1-15(2)5-3-4-13-10-9(12)6-8(11)7-14-10/h6-7H,3-5,12H2,1-2H3,(H,13,14). The van der Waals surface area contributed by atoms with Crippen LogP contribution in [-0.2, 0) is 0 Å². The van der Waals surface area contributed by atoms with Crippen molar-refractivity contribution in [1.29, 1.82) is 0 Å². The van der Waals surface area contributed by atoms with Gasteiger partial charge < -0.3 is 16.0 Å². The van der Waals surface area contributed by atoms with Crippen LogP contribution in [0.1, 0.15) is 6.42 Å². The number of nitrogens with one attached hydrogen (secondary N) is 1. The molecule has 0 fully saturated rings. The fourth-order valence-corrected chi connectivity index (χ4v) is 1.37. The second-order valence-electron chi connectivity index (χ2n) is 3.67. The van der Waals surface area contributed by atoms with Crippen LogP contribution in [0.3, 0.4) is 0 Å². The van der Waals surface area contributed by atoms with Crippen molar-refractivity contribution in [3.63, 3.8) is 0 Å². The molecule has 0 aromatic carbocycles. The van der Waals surface area contributed by atoms with Gasteiger partial charge in [0.15, 0.2) is 0 Å². The van der Waals surface area contributed by atoms with E-state index in [-0.39, 0.29) is 0 Å². The van der Waals surface area contributed by atoms with Gasteiger partial charge in [0.25, 0.3) is 0 Å². The van der Waals surface area contributed by atoms with Gasteiger partial charge in [0.2, 0.25) is 0 Å². The predicted octanol–water partition coefficient (Wildman–Crippen LogP) is 1.68. The Bertz CT molecular complexity index is 314. The molecular formula is C10H17ClN4. The Kier molecular flexibility index (Phi) is 4.65. The van der Waals surface area contributed by atoms with Crippen molar-refractivity contribution in [2.45, 2.75) is 6.42 Å². The Hall–Kier alpha value is -1.00. The number of nitrogen functional groups attached to an aromatic ring is 1. The van der Waals surface area contributed by atoms with E-state index in [0.717, 1.165) is 19.5 Å². The van der Waals surface area contributed by atoms with Crippen molar-refractivity contribution in [3.05, 3.63) is 17.3 Å². The molecule has 0 unspecified atom stereocenters. The topological polar surface area (TPSA) is 54.2 Å². The number of anilines is 2. The van der Waals surface area contributed by atoms with E-state index in [1.54, 1.807) is 12.3 Å². The van der Waals surface area contributed by atoms with Crippen LogP contribution in [-0.4, -0.2) is 37.1 Å². The fourth-order valence-electron chi connectivity index (χ4n) is 1.20. The second kappa shape index (κ2) is 5.78. The third kappa shape index (κ3) is 4.36. The largest absolute Gasteiger partial charge is 0.396 e. The van der Waals surface area contributed by atoms with E-state index >= 15 is 0 Å². The van der Waals surface area contributed by atoms with Crippen LogP contribution in [0.2, 0.25) is 5.02 Å². The smallest absolute Gasteiger partial charge is 0.149 e. The van der Waals surface area contributed by atoms with Crippen LogP contribution < -0.4 is 11.1 Å². The predicted molar refractivity (Wildman–Crippen MR) is 65.3 cm³/mol. The molecule has 0 aliphatic carbocycles. The number of hydrogen-bond acceptors (Lipinski definition) is 4. The summed E-state index contributed by atoms with van der Waals surface area (Å²) in [5.41, 5.74) is 6.33. The maximum absolute atomic E-state index is 5.74. The number of nitrogens with zero attached hydrogens (tertiary/aromatic N) is 2. The van der Waals surface area contributed by atoms with Crippen LogP contribution in [0.15, 0.2) is 12.3 Å². The van der Waals surface area contributed by atoms with Crippen molar-refractivity contribution < 1.29 is 0 Å². The minimum Gasteiger partial charge on any atom is -0.396 e. The van der Waals surface area contributed by atoms with E-state index in [0.29, 0.717) is 16.5 Å². The van der Waals surface area contributed by atoms with Crippen LogP contribution in [0.25, 0.3) is 0 Å². The Morgan fingerprint density at radius 1 is 1.53 bits per heavy atom. The lowest BCUT2D eigenvalue weighted by Gasteiger charge is -2.11. The summed E-state index contributed by atoms with van der Waals surface area (Å²) in [6, 6.07) is 1.70. The minimum absolute atomic E-state index is 0.561. The molecule has 0 aliphatic rings. The first-order valence-corrected chi connectivity index (χ1v) is 5.27. The summed E-state index contributed by atoms with van der Waals surface area (Å²) in [5, 5.41) is 3.74. The van der Waals surface area contributed by atoms with Gasteiger partial charge in [-0.15, -0.1) is 0 Å². The molecule has 1 aromatic rings. The number of aromatic nitrogens is 1. The Balaban J connectivity index is 2.37. The lowest BCUT2D eigenvalue weighted by atomic mass is 10.3. The first kappa shape index (κ1) is 12.1. The summed E-state index contributed by atoms with van der Waals surface area (Å²) >= 11 is 5.74. The number of pyridine rings is 1. The fraction of sp³-hybridized carbons (Fsp3) is 0.500. The minimum atomic E-state index is 0.561. The molecule has 0 atom stereocenters. The normalized spacial score (nSPS) is 10.7. The highest BCUT2D eigenvalue weighted by molar-refractivity contribution is 6.30. The molecule has 0 radical (unpaired) electrons. The molecule has 0 saturated heterocycles. The SMILES string of the molecule is CN(C)CCCNc1ncc(Cl)cc1N. The van der Waals surface area contributed by atoms with Crippen LogP contribution in [0.5, 0.6) is 0 Å². The maximum Gasteiger partial charge on any atom is 0.149 e. The van der Waals surface area contributed by atoms with E-state index in [4.69, 9.17) is 17.3 Å². The quantitative estimate of drug-likeness (QED) is 0.753. The van der Waals surface area contributed by atoms with Crippen LogP contribution >= 0.6 is 11.6 Å². The summed E-state index contributed by atoms with van der Waals surface area (Å²) in [7, 11) is 4.10. The molecule has 0 saturated carbocycles. The van der Waals surface area contributed by atoms with Crippen molar-refractivity contribution in [3.8, 4) is 0 Å². The van der Waals surface area contributed by atoms with Crippen molar-refractivity contribution in [1.82, 2.24) is 9.88 Å². The highest BCUT2D eigenvalue weighted by Crippen LogP contribution is 2.18. The Labute approximate surface area is 95.4 Å². The second-order valence-corrected chi connectivity index (χ2v) is 4.11. The first-order chi connectivity index (χ1) is 7.09. The van der Waals surface area contributed by atoms with E-state index in [1.807, 2.05) is 0 Å². The van der Waals surface area contributed by atoms with E-state index in [1.165, 1.54) is 0 Å². The zero-order valence-corrected chi connectivity index (χ0v) is 9.88. The molecule has 1 aromatic heterocycles. The van der Waals surface area contributed by atoms with Crippen molar-refractivity contribution in [2.24, 2.45) is 0 Å². The third-order valence-corrected chi connectivity index (χ3v) is 2.17. The maximum atomic E-state index is 5.74. The van der Waals surface area contributed by atoms with Gasteiger partial charge in [-0.2, -0.15) is 0 Å². The van der Waals surface area contributed by atoms with E-state index in [9.17, 15) is 0 Å². The lowest BCUT2D eigenvalue weighted by Crippen LogP contribution is -2.17. The average molecular weight is 229 g/mol. The summed E-state index contributed by atoms with van der Waals surface area (Å²) < 4.78 is 0. The van der Waals surface area contributed by atoms with Crippen LogP contribution in [0.4, 0.5) is 11.5 Å². The monoisotopic (exact) mass is 228 g/mol. The van der Waals surface area contributed by atoms with Gasteiger partial charge in [-0.05, 0) is 33.1 Å². The molecule has 0 spiro atoms. The zero-order valence-electron chi connectivity index (χ0n) is 9.13. The van der Waals surface area contributed by atoms with Gasteiger partial charge in [0.1, 0.15) is 5.82 Å². The molecule has 1 heterocycles. The number of rotatable bonds is 5. The van der Waals surface area contributed by atoms with Crippen molar-refractivity contribution in [2.75, 3.05) is 38.2 Å². The van der Waals surface area contributed by atoms with E-state index in [2.05, 4.69) is 29.3 Å². The summed E-state index contributed by atoms with van der Waals surface area (Å²) in [6.45, 7) is 1.90. The summed E-state index contributed by atoms with van der Waals surface area (Å²) in [4.78, 5) is 6.25. The Morgan fingerprint density at radius 3 is 2.87 bits per heavy atom. The lowest BCUT2D eigenvalue weighted by molar-refractivity contribution is 0.405.